The second-order valence-electron chi connectivity index (χ2n) is 5.74. The van der Waals surface area contributed by atoms with E-state index in [1.54, 1.807) is 0 Å². The minimum absolute atomic E-state index is 0.0163. The van der Waals surface area contributed by atoms with Gasteiger partial charge in [-0.05, 0) is 18.8 Å². The second-order valence-corrected chi connectivity index (χ2v) is 5.74. The molecule has 0 aliphatic rings. The molecular formula is C19H32O4. The SMILES string of the molecule is CCCCCCCC(=O)OC#CCOC(=O)CCCCCCC. The van der Waals surface area contributed by atoms with Crippen LogP contribution in [-0.4, -0.2) is 18.5 Å². The molecule has 0 spiro atoms. The Morgan fingerprint density at radius 2 is 1.26 bits per heavy atom. The summed E-state index contributed by atoms with van der Waals surface area (Å²) in [5, 5.41) is 0. The molecule has 0 heterocycles. The molecule has 4 nitrogen and oxygen atoms in total. The Balaban J connectivity index is 3.49. The van der Waals surface area contributed by atoms with Crippen molar-refractivity contribution in [2.45, 2.75) is 90.9 Å². The summed E-state index contributed by atoms with van der Waals surface area (Å²) in [7, 11) is 0. The Hall–Kier alpha value is -1.50. The van der Waals surface area contributed by atoms with Crippen molar-refractivity contribution in [1.29, 1.82) is 0 Å². The van der Waals surface area contributed by atoms with Crippen molar-refractivity contribution in [3.8, 4) is 12.0 Å². The number of unbranched alkanes of at least 4 members (excludes halogenated alkanes) is 8. The van der Waals surface area contributed by atoms with E-state index in [4.69, 9.17) is 9.47 Å². The van der Waals surface area contributed by atoms with Gasteiger partial charge in [-0.25, -0.2) is 0 Å². The Morgan fingerprint density at radius 3 is 1.83 bits per heavy atom. The molecule has 0 aromatic rings. The van der Waals surface area contributed by atoms with Gasteiger partial charge in [0.2, 0.25) is 0 Å². The maximum absolute atomic E-state index is 11.4. The van der Waals surface area contributed by atoms with Crippen LogP contribution >= 0.6 is 0 Å². The summed E-state index contributed by atoms with van der Waals surface area (Å²) >= 11 is 0. The van der Waals surface area contributed by atoms with E-state index in [1.807, 2.05) is 0 Å². The van der Waals surface area contributed by atoms with Gasteiger partial charge in [0.15, 0.2) is 6.61 Å². The van der Waals surface area contributed by atoms with E-state index in [-0.39, 0.29) is 18.5 Å². The lowest BCUT2D eigenvalue weighted by molar-refractivity contribution is -0.142. The summed E-state index contributed by atoms with van der Waals surface area (Å²) in [5.41, 5.74) is 0. The van der Waals surface area contributed by atoms with Crippen LogP contribution in [0.3, 0.4) is 0 Å². The van der Waals surface area contributed by atoms with Crippen LogP contribution < -0.4 is 0 Å². The number of carbonyl (C=O) groups excluding carboxylic acids is 2. The van der Waals surface area contributed by atoms with Gasteiger partial charge in [-0.3, -0.25) is 9.59 Å². The van der Waals surface area contributed by atoms with Crippen LogP contribution in [0.5, 0.6) is 0 Å². The first-order valence-corrected chi connectivity index (χ1v) is 9.03. The first-order chi connectivity index (χ1) is 11.2. The molecular weight excluding hydrogens is 292 g/mol. The standard InChI is InChI=1S/C19H32O4/c1-3-5-7-9-11-14-18(20)22-16-13-17-23-19(21)15-12-10-8-6-4-2/h3-12,14-16H2,1-2H3. The summed E-state index contributed by atoms with van der Waals surface area (Å²) in [6.45, 7) is 4.30. The van der Waals surface area contributed by atoms with Gasteiger partial charge in [-0.2, -0.15) is 0 Å². The molecule has 0 fully saturated rings. The van der Waals surface area contributed by atoms with Gasteiger partial charge in [0.25, 0.3) is 0 Å². The van der Waals surface area contributed by atoms with Crippen LogP contribution in [0.1, 0.15) is 90.9 Å². The highest BCUT2D eigenvalue weighted by Gasteiger charge is 2.02. The van der Waals surface area contributed by atoms with Crippen molar-refractivity contribution < 1.29 is 19.1 Å². The molecule has 132 valence electrons. The molecule has 0 aromatic heterocycles. The number of hydrogen-bond donors (Lipinski definition) is 0. The van der Waals surface area contributed by atoms with E-state index in [0.717, 1.165) is 38.5 Å². The molecule has 0 unspecified atom stereocenters. The van der Waals surface area contributed by atoms with E-state index in [2.05, 4.69) is 25.9 Å². The predicted octanol–water partition coefficient (Wildman–Crippen LogP) is 4.75. The molecule has 0 N–H and O–H groups in total. The fraction of sp³-hybridized carbons (Fsp3) is 0.789. The molecule has 0 aliphatic heterocycles. The fourth-order valence-electron chi connectivity index (χ4n) is 2.11. The summed E-state index contributed by atoms with van der Waals surface area (Å²) in [5.74, 6) is 1.99. The highest BCUT2D eigenvalue weighted by molar-refractivity contribution is 5.70. The van der Waals surface area contributed by atoms with Crippen LogP contribution in [0.2, 0.25) is 0 Å². The summed E-state index contributed by atoms with van der Waals surface area (Å²) in [6.07, 6.45) is 14.1. The quantitative estimate of drug-likeness (QED) is 0.278. The van der Waals surface area contributed by atoms with Gasteiger partial charge >= 0.3 is 11.9 Å². The van der Waals surface area contributed by atoms with Crippen LogP contribution in [-0.2, 0) is 19.1 Å². The fourth-order valence-corrected chi connectivity index (χ4v) is 2.11. The van der Waals surface area contributed by atoms with Gasteiger partial charge < -0.3 is 9.47 Å². The van der Waals surface area contributed by atoms with Gasteiger partial charge in [-0.15, -0.1) is 0 Å². The second kappa shape index (κ2) is 16.9. The first kappa shape index (κ1) is 21.5. The smallest absolute Gasteiger partial charge is 0.319 e. The van der Waals surface area contributed by atoms with Gasteiger partial charge in [0, 0.05) is 12.8 Å². The van der Waals surface area contributed by atoms with Crippen molar-refractivity contribution in [3.63, 3.8) is 0 Å². The Morgan fingerprint density at radius 1 is 0.739 bits per heavy atom. The molecule has 0 bridgehead atoms. The molecule has 0 rings (SSSR count). The van der Waals surface area contributed by atoms with Crippen molar-refractivity contribution in [2.24, 2.45) is 0 Å². The lowest BCUT2D eigenvalue weighted by Crippen LogP contribution is -2.05. The van der Waals surface area contributed by atoms with E-state index in [9.17, 15) is 9.59 Å². The van der Waals surface area contributed by atoms with Crippen LogP contribution in [0.15, 0.2) is 0 Å². The Labute approximate surface area is 141 Å². The third-order valence-electron chi connectivity index (χ3n) is 3.51. The lowest BCUT2D eigenvalue weighted by atomic mass is 10.1. The molecule has 0 saturated heterocycles. The summed E-state index contributed by atoms with van der Waals surface area (Å²) < 4.78 is 9.72. The molecule has 0 atom stereocenters. The largest absolute Gasteiger partial charge is 0.452 e. The molecule has 0 amide bonds. The molecule has 0 radical (unpaired) electrons. The molecule has 0 aliphatic carbocycles. The van der Waals surface area contributed by atoms with Crippen molar-refractivity contribution >= 4 is 11.9 Å². The zero-order chi connectivity index (χ0) is 17.2. The lowest BCUT2D eigenvalue weighted by Gasteiger charge is -2.01. The minimum atomic E-state index is -0.309. The molecule has 4 heteroatoms. The zero-order valence-corrected chi connectivity index (χ0v) is 14.8. The average Bonchev–Trinajstić information content (AvgIpc) is 2.54. The van der Waals surface area contributed by atoms with E-state index in [0.29, 0.717) is 12.8 Å². The van der Waals surface area contributed by atoms with Crippen LogP contribution in [0, 0.1) is 12.0 Å². The van der Waals surface area contributed by atoms with Gasteiger partial charge in [-0.1, -0.05) is 65.2 Å². The average molecular weight is 324 g/mol. The maximum Gasteiger partial charge on any atom is 0.319 e. The number of ether oxygens (including phenoxy) is 2. The number of esters is 2. The predicted molar refractivity (Wildman–Crippen MR) is 91.6 cm³/mol. The van der Waals surface area contributed by atoms with Crippen molar-refractivity contribution in [1.82, 2.24) is 0 Å². The molecule has 0 aromatic carbocycles. The first-order valence-electron chi connectivity index (χ1n) is 9.03. The van der Waals surface area contributed by atoms with Crippen molar-refractivity contribution in [2.75, 3.05) is 6.61 Å². The zero-order valence-electron chi connectivity index (χ0n) is 14.8. The summed E-state index contributed by atoms with van der Waals surface area (Å²) in [6, 6.07) is 0. The van der Waals surface area contributed by atoms with E-state index >= 15 is 0 Å². The monoisotopic (exact) mass is 324 g/mol. The Bertz CT molecular complexity index is 365. The van der Waals surface area contributed by atoms with Crippen LogP contribution in [0.25, 0.3) is 0 Å². The van der Waals surface area contributed by atoms with Gasteiger partial charge in [0.1, 0.15) is 6.11 Å². The highest BCUT2D eigenvalue weighted by atomic mass is 16.5. The molecule has 23 heavy (non-hydrogen) atoms. The van der Waals surface area contributed by atoms with Crippen LogP contribution in [0.4, 0.5) is 0 Å². The van der Waals surface area contributed by atoms with Crippen molar-refractivity contribution in [3.05, 3.63) is 0 Å². The number of carbonyl (C=O) groups is 2. The third kappa shape index (κ3) is 16.7. The van der Waals surface area contributed by atoms with E-state index < -0.39 is 0 Å². The Kier molecular flexibility index (Phi) is 15.8. The third-order valence-corrected chi connectivity index (χ3v) is 3.51. The molecule has 0 saturated carbocycles. The topological polar surface area (TPSA) is 52.6 Å². The normalized spacial score (nSPS) is 9.83. The van der Waals surface area contributed by atoms with Gasteiger partial charge in [0.05, 0.1) is 0 Å². The number of hydrogen-bond acceptors (Lipinski definition) is 4. The number of rotatable bonds is 13. The maximum atomic E-state index is 11.4. The summed E-state index contributed by atoms with van der Waals surface area (Å²) in [4.78, 5) is 22.8. The van der Waals surface area contributed by atoms with E-state index in [1.165, 1.54) is 25.7 Å². The minimum Gasteiger partial charge on any atom is -0.452 e. The highest BCUT2D eigenvalue weighted by Crippen LogP contribution is 2.06.